The fourth-order valence-corrected chi connectivity index (χ4v) is 4.48. The SMILES string of the molecule is CN(c1cccc(C(=O)N2CCC(C(N)=O)CC2)c1)S(=O)(=O)c1ccccc1. The van der Waals surface area contributed by atoms with Gasteiger partial charge in [0.1, 0.15) is 0 Å². The van der Waals surface area contributed by atoms with Crippen molar-refractivity contribution in [3.8, 4) is 0 Å². The second-order valence-electron chi connectivity index (χ2n) is 6.80. The molecule has 1 fully saturated rings. The van der Waals surface area contributed by atoms with Gasteiger partial charge in [-0.15, -0.1) is 0 Å². The maximum absolute atomic E-state index is 12.8. The van der Waals surface area contributed by atoms with Crippen molar-refractivity contribution in [1.82, 2.24) is 4.90 Å². The fraction of sp³-hybridized carbons (Fsp3) is 0.300. The summed E-state index contributed by atoms with van der Waals surface area (Å²) in [7, 11) is -2.26. The number of sulfonamides is 1. The highest BCUT2D eigenvalue weighted by atomic mass is 32.2. The van der Waals surface area contributed by atoms with Crippen molar-refractivity contribution in [2.24, 2.45) is 11.7 Å². The molecule has 2 aromatic carbocycles. The van der Waals surface area contributed by atoms with Gasteiger partial charge >= 0.3 is 0 Å². The lowest BCUT2D eigenvalue weighted by Gasteiger charge is -2.30. The van der Waals surface area contributed by atoms with Gasteiger partial charge in [0.15, 0.2) is 0 Å². The number of hydrogen-bond donors (Lipinski definition) is 1. The molecule has 1 aliphatic rings. The van der Waals surface area contributed by atoms with E-state index in [-0.39, 0.29) is 22.6 Å². The number of carbonyl (C=O) groups is 2. The number of likely N-dealkylation sites (tertiary alicyclic amines) is 1. The molecular formula is C20H23N3O4S. The zero-order valence-corrected chi connectivity index (χ0v) is 16.4. The average Bonchev–Trinajstić information content (AvgIpc) is 2.73. The molecule has 0 unspecified atom stereocenters. The van der Waals surface area contributed by atoms with Gasteiger partial charge in [-0.05, 0) is 43.2 Å². The lowest BCUT2D eigenvalue weighted by molar-refractivity contribution is -0.123. The van der Waals surface area contributed by atoms with E-state index in [2.05, 4.69) is 0 Å². The molecule has 3 rings (SSSR count). The van der Waals surface area contributed by atoms with Crippen LogP contribution in [0.25, 0.3) is 0 Å². The maximum Gasteiger partial charge on any atom is 0.264 e. The number of piperidine rings is 1. The summed E-state index contributed by atoms with van der Waals surface area (Å²) in [6.45, 7) is 0.906. The van der Waals surface area contributed by atoms with Crippen molar-refractivity contribution in [1.29, 1.82) is 0 Å². The van der Waals surface area contributed by atoms with E-state index in [0.717, 1.165) is 0 Å². The van der Waals surface area contributed by atoms with Crippen LogP contribution in [0.3, 0.4) is 0 Å². The van der Waals surface area contributed by atoms with E-state index in [1.807, 2.05) is 0 Å². The zero-order chi connectivity index (χ0) is 20.3. The Balaban J connectivity index is 1.79. The monoisotopic (exact) mass is 401 g/mol. The van der Waals surface area contributed by atoms with Crippen LogP contribution in [0, 0.1) is 5.92 Å². The number of benzene rings is 2. The first-order valence-corrected chi connectivity index (χ1v) is 10.5. The third kappa shape index (κ3) is 4.01. The lowest BCUT2D eigenvalue weighted by Crippen LogP contribution is -2.41. The van der Waals surface area contributed by atoms with Gasteiger partial charge < -0.3 is 10.6 Å². The lowest BCUT2D eigenvalue weighted by atomic mass is 9.96. The van der Waals surface area contributed by atoms with Crippen LogP contribution in [0.1, 0.15) is 23.2 Å². The Kier molecular flexibility index (Phi) is 5.69. The first-order chi connectivity index (χ1) is 13.3. The minimum Gasteiger partial charge on any atom is -0.369 e. The molecule has 0 radical (unpaired) electrons. The smallest absolute Gasteiger partial charge is 0.264 e. The number of anilines is 1. The minimum absolute atomic E-state index is 0.183. The Morgan fingerprint density at radius 1 is 1.04 bits per heavy atom. The van der Waals surface area contributed by atoms with Crippen LogP contribution < -0.4 is 10.0 Å². The van der Waals surface area contributed by atoms with Crippen molar-refractivity contribution in [3.63, 3.8) is 0 Å². The van der Waals surface area contributed by atoms with Crippen molar-refractivity contribution < 1.29 is 18.0 Å². The van der Waals surface area contributed by atoms with Gasteiger partial charge in [0.2, 0.25) is 5.91 Å². The molecule has 1 aliphatic heterocycles. The summed E-state index contributed by atoms with van der Waals surface area (Å²) >= 11 is 0. The second-order valence-corrected chi connectivity index (χ2v) is 8.77. The highest BCUT2D eigenvalue weighted by Gasteiger charge is 2.27. The molecule has 2 N–H and O–H groups in total. The first kappa shape index (κ1) is 19.9. The highest BCUT2D eigenvalue weighted by Crippen LogP contribution is 2.24. The van der Waals surface area contributed by atoms with E-state index in [1.54, 1.807) is 47.4 Å². The van der Waals surface area contributed by atoms with Crippen molar-refractivity contribution in [2.45, 2.75) is 17.7 Å². The molecule has 8 heteroatoms. The largest absolute Gasteiger partial charge is 0.369 e. The van der Waals surface area contributed by atoms with E-state index < -0.39 is 10.0 Å². The molecule has 1 saturated heterocycles. The molecule has 0 aromatic heterocycles. The number of hydrogen-bond acceptors (Lipinski definition) is 4. The molecule has 2 aromatic rings. The van der Waals surface area contributed by atoms with Crippen LogP contribution in [0.2, 0.25) is 0 Å². The quantitative estimate of drug-likeness (QED) is 0.826. The average molecular weight is 401 g/mol. The number of primary amides is 1. The Labute approximate surface area is 164 Å². The van der Waals surface area contributed by atoms with E-state index in [9.17, 15) is 18.0 Å². The van der Waals surface area contributed by atoms with Crippen LogP contribution in [-0.4, -0.2) is 45.3 Å². The van der Waals surface area contributed by atoms with Gasteiger partial charge in [0.05, 0.1) is 10.6 Å². The Hall–Kier alpha value is -2.87. The third-order valence-corrected chi connectivity index (χ3v) is 6.84. The molecule has 148 valence electrons. The van der Waals surface area contributed by atoms with Gasteiger partial charge in [-0.3, -0.25) is 13.9 Å². The summed E-state index contributed by atoms with van der Waals surface area (Å²) in [5.41, 5.74) is 6.15. The van der Waals surface area contributed by atoms with Crippen molar-refractivity contribution >= 4 is 27.5 Å². The molecule has 7 nitrogen and oxygen atoms in total. The van der Waals surface area contributed by atoms with E-state index >= 15 is 0 Å². The Morgan fingerprint density at radius 2 is 1.68 bits per heavy atom. The molecule has 0 atom stereocenters. The topological polar surface area (TPSA) is 101 Å². The van der Waals surface area contributed by atoms with E-state index in [4.69, 9.17) is 5.73 Å². The molecule has 0 aliphatic carbocycles. The normalized spacial score (nSPS) is 15.2. The van der Waals surface area contributed by atoms with Gasteiger partial charge in [-0.2, -0.15) is 0 Å². The second kappa shape index (κ2) is 8.02. The number of rotatable bonds is 5. The minimum atomic E-state index is -3.72. The Bertz CT molecular complexity index is 968. The molecule has 0 bridgehead atoms. The van der Waals surface area contributed by atoms with Crippen LogP contribution in [-0.2, 0) is 14.8 Å². The number of nitrogens with two attached hydrogens (primary N) is 1. The third-order valence-electron chi connectivity index (χ3n) is 5.04. The molecule has 1 heterocycles. The predicted molar refractivity (Wildman–Crippen MR) is 106 cm³/mol. The molecule has 0 spiro atoms. The van der Waals surface area contributed by atoms with Crippen molar-refractivity contribution in [3.05, 3.63) is 60.2 Å². The fourth-order valence-electron chi connectivity index (χ4n) is 3.27. The zero-order valence-electron chi connectivity index (χ0n) is 15.6. The molecule has 28 heavy (non-hydrogen) atoms. The van der Waals surface area contributed by atoms with Crippen LogP contribution in [0.15, 0.2) is 59.5 Å². The summed E-state index contributed by atoms with van der Waals surface area (Å²) < 4.78 is 26.8. The van der Waals surface area contributed by atoms with E-state index in [0.29, 0.717) is 37.2 Å². The van der Waals surface area contributed by atoms with Gasteiger partial charge in [0, 0.05) is 31.6 Å². The molecular weight excluding hydrogens is 378 g/mol. The summed E-state index contributed by atoms with van der Waals surface area (Å²) in [6, 6.07) is 14.7. The maximum atomic E-state index is 12.8. The number of carbonyl (C=O) groups excluding carboxylic acids is 2. The standard InChI is InChI=1S/C20H23N3O4S/c1-22(28(26,27)18-8-3-2-4-9-18)17-7-5-6-16(14-17)20(25)23-12-10-15(11-13-23)19(21)24/h2-9,14-15H,10-13H2,1H3,(H2,21,24). The number of amides is 2. The Morgan fingerprint density at radius 3 is 2.29 bits per heavy atom. The van der Waals surface area contributed by atoms with Gasteiger partial charge in [0.25, 0.3) is 15.9 Å². The highest BCUT2D eigenvalue weighted by molar-refractivity contribution is 7.92. The first-order valence-electron chi connectivity index (χ1n) is 9.03. The molecule has 0 saturated carbocycles. The van der Waals surface area contributed by atoms with Crippen LogP contribution in [0.4, 0.5) is 5.69 Å². The summed E-state index contributed by atoms with van der Waals surface area (Å²) in [6.07, 6.45) is 1.09. The van der Waals surface area contributed by atoms with Crippen molar-refractivity contribution in [2.75, 3.05) is 24.4 Å². The van der Waals surface area contributed by atoms with Gasteiger partial charge in [-0.25, -0.2) is 8.42 Å². The number of nitrogens with zero attached hydrogens (tertiary/aromatic N) is 2. The van der Waals surface area contributed by atoms with E-state index in [1.165, 1.54) is 23.5 Å². The summed E-state index contributed by atoms with van der Waals surface area (Å²) in [5.74, 6) is -0.713. The predicted octanol–water partition coefficient (Wildman–Crippen LogP) is 1.85. The van der Waals surface area contributed by atoms with Crippen LogP contribution >= 0.6 is 0 Å². The van der Waals surface area contributed by atoms with Gasteiger partial charge in [-0.1, -0.05) is 24.3 Å². The summed E-state index contributed by atoms with van der Waals surface area (Å²) in [5, 5.41) is 0. The molecule has 2 amide bonds. The summed E-state index contributed by atoms with van der Waals surface area (Å²) in [4.78, 5) is 26.0. The van der Waals surface area contributed by atoms with Crippen LogP contribution in [0.5, 0.6) is 0 Å².